The first-order valence-electron chi connectivity index (χ1n) is 6.96. The van der Waals surface area contributed by atoms with E-state index in [4.69, 9.17) is 4.74 Å². The molecule has 0 radical (unpaired) electrons. The Labute approximate surface area is 126 Å². The van der Waals surface area contributed by atoms with Gasteiger partial charge in [-0.05, 0) is 36.4 Å². The third kappa shape index (κ3) is 3.37. The summed E-state index contributed by atoms with van der Waals surface area (Å²) in [6.45, 7) is 2.89. The number of benzene rings is 1. The van der Waals surface area contributed by atoms with Gasteiger partial charge < -0.3 is 15.0 Å². The predicted molar refractivity (Wildman–Crippen MR) is 79.4 cm³/mol. The minimum absolute atomic E-state index is 0.353. The molecule has 0 saturated carbocycles. The van der Waals surface area contributed by atoms with Crippen LogP contribution < -0.4 is 10.2 Å². The zero-order valence-electron chi connectivity index (χ0n) is 11.8. The van der Waals surface area contributed by atoms with Crippen LogP contribution in [-0.4, -0.2) is 42.4 Å². The highest BCUT2D eigenvalue weighted by atomic mass is 19.1. The van der Waals surface area contributed by atoms with Crippen molar-refractivity contribution in [2.75, 3.05) is 36.5 Å². The van der Waals surface area contributed by atoms with Crippen molar-refractivity contribution in [3.05, 3.63) is 47.8 Å². The topological polar surface area (TPSA) is 67.4 Å². The zero-order chi connectivity index (χ0) is 15.4. The zero-order valence-corrected chi connectivity index (χ0v) is 11.8. The first-order valence-corrected chi connectivity index (χ1v) is 6.96. The average molecular weight is 302 g/mol. The molecule has 7 heteroatoms. The molecule has 1 fully saturated rings. The molecule has 6 nitrogen and oxygen atoms in total. The number of morpholine rings is 1. The SMILES string of the molecule is O=C(Nc1ccc(N2CCOCC2)nn1)c1ccc(F)cc1. The van der Waals surface area contributed by atoms with E-state index in [1.165, 1.54) is 24.3 Å². The van der Waals surface area contributed by atoms with Crippen molar-refractivity contribution in [2.45, 2.75) is 0 Å². The lowest BCUT2D eigenvalue weighted by molar-refractivity contribution is 0.102. The number of aromatic nitrogens is 2. The van der Waals surface area contributed by atoms with Gasteiger partial charge in [0, 0.05) is 18.7 Å². The summed E-state index contributed by atoms with van der Waals surface area (Å²) in [7, 11) is 0. The maximum absolute atomic E-state index is 12.8. The molecule has 114 valence electrons. The largest absolute Gasteiger partial charge is 0.378 e. The molecular weight excluding hydrogens is 287 g/mol. The van der Waals surface area contributed by atoms with Gasteiger partial charge in [-0.25, -0.2) is 4.39 Å². The van der Waals surface area contributed by atoms with Crippen molar-refractivity contribution in [3.63, 3.8) is 0 Å². The number of hydrogen-bond donors (Lipinski definition) is 1. The van der Waals surface area contributed by atoms with Crippen molar-refractivity contribution >= 4 is 17.5 Å². The summed E-state index contributed by atoms with van der Waals surface area (Å²) in [6.07, 6.45) is 0. The fourth-order valence-electron chi connectivity index (χ4n) is 2.14. The molecule has 0 bridgehead atoms. The van der Waals surface area contributed by atoms with Crippen LogP contribution in [0.2, 0.25) is 0 Å². The molecule has 0 aliphatic carbocycles. The lowest BCUT2D eigenvalue weighted by atomic mass is 10.2. The second-order valence-corrected chi connectivity index (χ2v) is 4.84. The second kappa shape index (κ2) is 6.48. The van der Waals surface area contributed by atoms with Crippen LogP contribution in [0.3, 0.4) is 0 Å². The van der Waals surface area contributed by atoms with E-state index in [0.29, 0.717) is 24.6 Å². The molecule has 2 aromatic rings. The fourth-order valence-corrected chi connectivity index (χ4v) is 2.14. The third-order valence-electron chi connectivity index (χ3n) is 3.33. The van der Waals surface area contributed by atoms with Crippen LogP contribution in [0.25, 0.3) is 0 Å². The number of amides is 1. The molecule has 1 aromatic heterocycles. The van der Waals surface area contributed by atoms with E-state index < -0.39 is 0 Å². The first-order chi connectivity index (χ1) is 10.7. The fraction of sp³-hybridized carbons (Fsp3) is 0.267. The van der Waals surface area contributed by atoms with Gasteiger partial charge in [-0.2, -0.15) is 0 Å². The highest BCUT2D eigenvalue weighted by molar-refractivity contribution is 6.03. The third-order valence-corrected chi connectivity index (χ3v) is 3.33. The summed E-state index contributed by atoms with van der Waals surface area (Å²) in [5, 5.41) is 10.7. The van der Waals surface area contributed by atoms with Gasteiger partial charge in [-0.3, -0.25) is 4.79 Å². The molecular formula is C15H15FN4O2. The molecule has 0 unspecified atom stereocenters. The first kappa shape index (κ1) is 14.4. The number of anilines is 2. The highest BCUT2D eigenvalue weighted by Gasteiger charge is 2.13. The molecule has 1 aliphatic heterocycles. The van der Waals surface area contributed by atoms with Gasteiger partial charge >= 0.3 is 0 Å². The summed E-state index contributed by atoms with van der Waals surface area (Å²) in [6, 6.07) is 8.81. The van der Waals surface area contributed by atoms with Crippen molar-refractivity contribution in [3.8, 4) is 0 Å². The van der Waals surface area contributed by atoms with E-state index in [1.807, 2.05) is 0 Å². The van der Waals surface area contributed by atoms with E-state index in [0.717, 1.165) is 18.9 Å². The van der Waals surface area contributed by atoms with E-state index in [1.54, 1.807) is 12.1 Å². The molecule has 3 rings (SSSR count). The van der Waals surface area contributed by atoms with E-state index in [-0.39, 0.29) is 11.7 Å². The van der Waals surface area contributed by atoms with E-state index >= 15 is 0 Å². The maximum Gasteiger partial charge on any atom is 0.256 e. The van der Waals surface area contributed by atoms with Gasteiger partial charge in [0.25, 0.3) is 5.91 Å². The molecule has 1 aromatic carbocycles. The van der Waals surface area contributed by atoms with Crippen LogP contribution in [0, 0.1) is 5.82 Å². The van der Waals surface area contributed by atoms with E-state index in [9.17, 15) is 9.18 Å². The number of rotatable bonds is 3. The lowest BCUT2D eigenvalue weighted by Gasteiger charge is -2.27. The molecule has 1 amide bonds. The van der Waals surface area contributed by atoms with Crippen LogP contribution in [0.4, 0.5) is 16.0 Å². The Bertz CT molecular complexity index is 640. The monoisotopic (exact) mass is 302 g/mol. The molecule has 0 atom stereocenters. The number of hydrogen-bond acceptors (Lipinski definition) is 5. The Morgan fingerprint density at radius 2 is 1.82 bits per heavy atom. The normalized spacial score (nSPS) is 14.7. The molecule has 22 heavy (non-hydrogen) atoms. The summed E-state index contributed by atoms with van der Waals surface area (Å²) in [5.74, 6) is 0.369. The highest BCUT2D eigenvalue weighted by Crippen LogP contribution is 2.14. The summed E-state index contributed by atoms with van der Waals surface area (Å²) in [4.78, 5) is 14.1. The van der Waals surface area contributed by atoms with Gasteiger partial charge in [0.05, 0.1) is 13.2 Å². The second-order valence-electron chi connectivity index (χ2n) is 4.84. The Hall–Kier alpha value is -2.54. The summed E-state index contributed by atoms with van der Waals surface area (Å²) in [5.41, 5.74) is 0.362. The molecule has 2 heterocycles. The van der Waals surface area contributed by atoms with E-state index in [2.05, 4.69) is 20.4 Å². The molecule has 1 aliphatic rings. The van der Waals surface area contributed by atoms with Gasteiger partial charge in [0.2, 0.25) is 0 Å². The van der Waals surface area contributed by atoms with Gasteiger partial charge in [0.1, 0.15) is 5.82 Å². The Balaban J connectivity index is 1.65. The molecule has 1 N–H and O–H groups in total. The number of carbonyl (C=O) groups excluding carboxylic acids is 1. The minimum Gasteiger partial charge on any atom is -0.378 e. The minimum atomic E-state index is -0.383. The van der Waals surface area contributed by atoms with Crippen LogP contribution in [0.5, 0.6) is 0 Å². The summed E-state index contributed by atoms with van der Waals surface area (Å²) < 4.78 is 18.1. The maximum atomic E-state index is 12.8. The van der Waals surface area contributed by atoms with Crippen molar-refractivity contribution in [1.82, 2.24) is 10.2 Å². The van der Waals surface area contributed by atoms with Crippen molar-refractivity contribution in [2.24, 2.45) is 0 Å². The summed E-state index contributed by atoms with van der Waals surface area (Å²) >= 11 is 0. The number of halogens is 1. The standard InChI is InChI=1S/C15H15FN4O2/c16-12-3-1-11(2-4-12)15(21)17-13-5-6-14(19-18-13)20-7-9-22-10-8-20/h1-6H,7-10H2,(H,17,18,21). The Kier molecular flexibility index (Phi) is 4.24. The molecule has 0 spiro atoms. The van der Waals surface area contributed by atoms with Crippen LogP contribution in [0.1, 0.15) is 10.4 Å². The smallest absolute Gasteiger partial charge is 0.256 e. The Morgan fingerprint density at radius 3 is 2.45 bits per heavy atom. The quantitative estimate of drug-likeness (QED) is 0.935. The predicted octanol–water partition coefficient (Wildman–Crippen LogP) is 1.70. The van der Waals surface area contributed by atoms with Gasteiger partial charge in [-0.1, -0.05) is 0 Å². The van der Waals surface area contributed by atoms with Crippen LogP contribution >= 0.6 is 0 Å². The number of ether oxygens (including phenoxy) is 1. The van der Waals surface area contributed by atoms with Gasteiger partial charge in [0.15, 0.2) is 11.6 Å². The number of nitrogens with one attached hydrogen (secondary N) is 1. The van der Waals surface area contributed by atoms with Crippen molar-refractivity contribution < 1.29 is 13.9 Å². The van der Waals surface area contributed by atoms with Crippen LogP contribution in [0.15, 0.2) is 36.4 Å². The average Bonchev–Trinajstić information content (AvgIpc) is 2.57. The molecule has 1 saturated heterocycles. The van der Waals surface area contributed by atoms with Gasteiger partial charge in [-0.15, -0.1) is 10.2 Å². The van der Waals surface area contributed by atoms with Crippen LogP contribution in [-0.2, 0) is 4.74 Å². The Morgan fingerprint density at radius 1 is 1.09 bits per heavy atom. The number of nitrogens with zero attached hydrogens (tertiary/aromatic N) is 3. The van der Waals surface area contributed by atoms with Crippen molar-refractivity contribution in [1.29, 1.82) is 0 Å². The number of carbonyl (C=O) groups is 1. The lowest BCUT2D eigenvalue weighted by Crippen LogP contribution is -2.36.